The highest BCUT2D eigenvalue weighted by atomic mass is 16.2. The first-order chi connectivity index (χ1) is 11.1. The fourth-order valence-corrected chi connectivity index (χ4v) is 3.36. The van der Waals surface area contributed by atoms with Crippen molar-refractivity contribution in [2.75, 3.05) is 5.32 Å². The van der Waals surface area contributed by atoms with E-state index >= 15 is 0 Å². The summed E-state index contributed by atoms with van der Waals surface area (Å²) in [6.07, 6.45) is 6.12. The minimum absolute atomic E-state index is 0.0393. The van der Waals surface area contributed by atoms with Crippen molar-refractivity contribution in [3.05, 3.63) is 39.0 Å². The minimum Gasteiger partial charge on any atom is -0.326 e. The average Bonchev–Trinajstić information content (AvgIpc) is 2.77. The summed E-state index contributed by atoms with van der Waals surface area (Å²) in [6, 6.07) is 4.92. The third-order valence-corrected chi connectivity index (χ3v) is 4.44. The molecule has 6 nitrogen and oxygen atoms in total. The van der Waals surface area contributed by atoms with Crippen LogP contribution in [0, 0.1) is 0 Å². The van der Waals surface area contributed by atoms with Gasteiger partial charge < -0.3 is 10.3 Å². The van der Waals surface area contributed by atoms with Gasteiger partial charge in [0, 0.05) is 18.7 Å². The Balaban J connectivity index is 2.12. The fraction of sp³-hybridized carbons (Fsp3) is 0.471. The zero-order valence-electron chi connectivity index (χ0n) is 13.2. The summed E-state index contributed by atoms with van der Waals surface area (Å²) in [5.41, 5.74) is 0.435. The van der Waals surface area contributed by atoms with E-state index in [1.54, 1.807) is 18.2 Å². The highest BCUT2D eigenvalue weighted by Crippen LogP contribution is 2.25. The van der Waals surface area contributed by atoms with E-state index in [4.69, 9.17) is 0 Å². The number of hydrogen-bond donors (Lipinski definition) is 2. The van der Waals surface area contributed by atoms with Gasteiger partial charge in [-0.2, -0.15) is 0 Å². The molecule has 0 unspecified atom stereocenters. The van der Waals surface area contributed by atoms with Crippen LogP contribution in [0.2, 0.25) is 0 Å². The van der Waals surface area contributed by atoms with Gasteiger partial charge in [0.25, 0.3) is 5.56 Å². The quantitative estimate of drug-likeness (QED) is 0.835. The van der Waals surface area contributed by atoms with Crippen LogP contribution in [-0.2, 0) is 4.79 Å². The molecule has 0 saturated heterocycles. The highest BCUT2D eigenvalue weighted by Gasteiger charge is 2.19. The van der Waals surface area contributed by atoms with Crippen LogP contribution in [-0.4, -0.2) is 15.5 Å². The maximum Gasteiger partial charge on any atom is 0.329 e. The second-order valence-electron chi connectivity index (χ2n) is 6.19. The summed E-state index contributed by atoms with van der Waals surface area (Å²) in [6.45, 7) is 1.42. The van der Waals surface area contributed by atoms with E-state index in [1.165, 1.54) is 11.5 Å². The molecular formula is C17H21N3O3. The van der Waals surface area contributed by atoms with Crippen molar-refractivity contribution in [2.24, 2.45) is 0 Å². The number of rotatable bonds is 2. The number of nitrogens with zero attached hydrogens (tertiary/aromatic N) is 1. The average molecular weight is 315 g/mol. The zero-order chi connectivity index (χ0) is 16.4. The number of aromatic nitrogens is 2. The largest absolute Gasteiger partial charge is 0.329 e. The molecule has 1 aromatic heterocycles. The molecule has 0 aliphatic heterocycles. The van der Waals surface area contributed by atoms with Crippen LogP contribution >= 0.6 is 0 Å². The maximum atomic E-state index is 12.8. The Labute approximate surface area is 133 Å². The lowest BCUT2D eigenvalue weighted by atomic mass is 10.1. The molecule has 3 rings (SSSR count). The van der Waals surface area contributed by atoms with Gasteiger partial charge in [0.2, 0.25) is 5.91 Å². The number of amides is 1. The van der Waals surface area contributed by atoms with Crippen molar-refractivity contribution in [3.8, 4) is 0 Å². The molecular weight excluding hydrogens is 294 g/mol. The van der Waals surface area contributed by atoms with E-state index in [9.17, 15) is 14.4 Å². The zero-order valence-corrected chi connectivity index (χ0v) is 13.2. The maximum absolute atomic E-state index is 12.8. The monoisotopic (exact) mass is 315 g/mol. The van der Waals surface area contributed by atoms with Crippen molar-refractivity contribution >= 4 is 22.5 Å². The van der Waals surface area contributed by atoms with E-state index in [1.807, 2.05) is 0 Å². The lowest BCUT2D eigenvalue weighted by molar-refractivity contribution is -0.114. The molecule has 0 radical (unpaired) electrons. The number of H-pyrrole nitrogens is 1. The van der Waals surface area contributed by atoms with Crippen LogP contribution in [0.1, 0.15) is 51.5 Å². The van der Waals surface area contributed by atoms with E-state index < -0.39 is 0 Å². The van der Waals surface area contributed by atoms with Crippen molar-refractivity contribution in [1.29, 1.82) is 0 Å². The first-order valence-electron chi connectivity index (χ1n) is 8.12. The van der Waals surface area contributed by atoms with Crippen LogP contribution < -0.4 is 16.6 Å². The molecule has 1 aliphatic carbocycles. The number of carbonyl (C=O) groups excluding carboxylic acids is 1. The molecule has 122 valence electrons. The summed E-state index contributed by atoms with van der Waals surface area (Å²) in [7, 11) is 0. The number of carbonyl (C=O) groups is 1. The molecule has 1 aliphatic rings. The van der Waals surface area contributed by atoms with Gasteiger partial charge in [0.05, 0.1) is 10.9 Å². The molecule has 23 heavy (non-hydrogen) atoms. The summed E-state index contributed by atoms with van der Waals surface area (Å²) in [5, 5.41) is 3.10. The van der Waals surface area contributed by atoms with Crippen molar-refractivity contribution in [3.63, 3.8) is 0 Å². The Bertz CT molecular complexity index is 842. The lowest BCUT2D eigenvalue weighted by Crippen LogP contribution is -2.38. The van der Waals surface area contributed by atoms with Gasteiger partial charge in [-0.25, -0.2) is 4.79 Å². The number of fused-ring (bicyclic) bond motifs is 1. The van der Waals surface area contributed by atoms with Gasteiger partial charge in [0.1, 0.15) is 0 Å². The van der Waals surface area contributed by atoms with Crippen molar-refractivity contribution < 1.29 is 4.79 Å². The lowest BCUT2D eigenvalue weighted by Gasteiger charge is -2.17. The summed E-state index contributed by atoms with van der Waals surface area (Å²) < 4.78 is 1.37. The van der Waals surface area contributed by atoms with Gasteiger partial charge in [-0.05, 0) is 31.0 Å². The Kier molecular flexibility index (Phi) is 4.32. The second kappa shape index (κ2) is 6.40. The molecule has 0 bridgehead atoms. The first-order valence-corrected chi connectivity index (χ1v) is 8.12. The minimum atomic E-state index is -0.346. The smallest absolute Gasteiger partial charge is 0.326 e. The molecule has 0 spiro atoms. The number of hydrogen-bond acceptors (Lipinski definition) is 3. The van der Waals surface area contributed by atoms with Gasteiger partial charge >= 0.3 is 5.69 Å². The molecule has 1 saturated carbocycles. The number of nitrogens with one attached hydrogen (secondary N) is 2. The molecule has 1 heterocycles. The normalized spacial score (nSPS) is 16.2. The predicted octanol–water partition coefficient (Wildman–Crippen LogP) is 2.54. The molecule has 6 heteroatoms. The van der Waals surface area contributed by atoms with E-state index in [0.717, 1.165) is 38.5 Å². The van der Waals surface area contributed by atoms with Crippen molar-refractivity contribution in [1.82, 2.24) is 9.55 Å². The second-order valence-corrected chi connectivity index (χ2v) is 6.19. The number of anilines is 1. The highest BCUT2D eigenvalue weighted by molar-refractivity contribution is 5.91. The Morgan fingerprint density at radius 1 is 1.17 bits per heavy atom. The third-order valence-electron chi connectivity index (χ3n) is 4.44. The molecule has 2 aromatic rings. The molecule has 1 aromatic carbocycles. The summed E-state index contributed by atoms with van der Waals surface area (Å²) in [5.74, 6) is -0.196. The SMILES string of the molecule is CC(=O)Nc1ccc2[nH]c(=O)n(C3CCCCCC3)c(=O)c2c1. The number of aromatic amines is 1. The van der Waals surface area contributed by atoms with E-state index in [-0.39, 0.29) is 23.2 Å². The topological polar surface area (TPSA) is 84.0 Å². The Morgan fingerprint density at radius 2 is 1.87 bits per heavy atom. The summed E-state index contributed by atoms with van der Waals surface area (Å²) >= 11 is 0. The van der Waals surface area contributed by atoms with Crippen LogP contribution in [0.15, 0.2) is 27.8 Å². The number of benzene rings is 1. The van der Waals surface area contributed by atoms with Gasteiger partial charge in [-0.1, -0.05) is 25.7 Å². The Morgan fingerprint density at radius 3 is 2.52 bits per heavy atom. The van der Waals surface area contributed by atoms with E-state index in [2.05, 4.69) is 10.3 Å². The fourth-order valence-electron chi connectivity index (χ4n) is 3.36. The van der Waals surface area contributed by atoms with Crippen LogP contribution in [0.25, 0.3) is 10.9 Å². The molecule has 2 N–H and O–H groups in total. The standard InChI is InChI=1S/C17H21N3O3/c1-11(21)18-12-8-9-15-14(10-12)16(22)20(17(23)19-15)13-6-4-2-3-5-7-13/h8-10,13H,2-7H2,1H3,(H,18,21)(H,19,23). The molecule has 1 amide bonds. The van der Waals surface area contributed by atoms with Gasteiger partial charge in [-0.15, -0.1) is 0 Å². The van der Waals surface area contributed by atoms with Crippen LogP contribution in [0.3, 0.4) is 0 Å². The van der Waals surface area contributed by atoms with E-state index in [0.29, 0.717) is 16.6 Å². The predicted molar refractivity (Wildman–Crippen MR) is 89.9 cm³/mol. The van der Waals surface area contributed by atoms with Crippen LogP contribution in [0.4, 0.5) is 5.69 Å². The van der Waals surface area contributed by atoms with Crippen molar-refractivity contribution in [2.45, 2.75) is 51.5 Å². The first kappa shape index (κ1) is 15.5. The molecule has 0 atom stereocenters. The molecule has 1 fully saturated rings. The Hall–Kier alpha value is -2.37. The van der Waals surface area contributed by atoms with Gasteiger partial charge in [0.15, 0.2) is 0 Å². The third kappa shape index (κ3) is 3.21. The van der Waals surface area contributed by atoms with Gasteiger partial charge in [-0.3, -0.25) is 14.2 Å². The summed E-state index contributed by atoms with van der Waals surface area (Å²) in [4.78, 5) is 39.2. The van der Waals surface area contributed by atoms with Crippen LogP contribution in [0.5, 0.6) is 0 Å².